The Balaban J connectivity index is 2.30. The predicted octanol–water partition coefficient (Wildman–Crippen LogP) is 3.19. The highest BCUT2D eigenvalue weighted by Gasteiger charge is 2.14. The molecule has 0 unspecified atom stereocenters. The number of aliphatic hydroxyl groups excluding tert-OH is 1. The van der Waals surface area contributed by atoms with E-state index < -0.39 is 11.7 Å². The minimum atomic E-state index is -0.513. The highest BCUT2D eigenvalue weighted by Crippen LogP contribution is 2.19. The smallest absolute Gasteiger partial charge is 0.258 e. The summed E-state index contributed by atoms with van der Waals surface area (Å²) in [5.74, 6) is -1.01. The summed E-state index contributed by atoms with van der Waals surface area (Å²) in [5.41, 5.74) is 2.55. The maximum absolute atomic E-state index is 13.9. The zero-order valence-electron chi connectivity index (χ0n) is 11.4. The highest BCUT2D eigenvalue weighted by molar-refractivity contribution is 6.05. The average Bonchev–Trinajstić information content (AvgIpc) is 2.44. The summed E-state index contributed by atoms with van der Waals surface area (Å²) in [6.07, 6.45) is 0. The Hall–Kier alpha value is -2.20. The van der Waals surface area contributed by atoms with Gasteiger partial charge in [0.2, 0.25) is 0 Å². The topological polar surface area (TPSA) is 49.3 Å². The Morgan fingerprint density at radius 1 is 1.20 bits per heavy atom. The van der Waals surface area contributed by atoms with Crippen LogP contribution in [0.2, 0.25) is 0 Å². The molecule has 2 rings (SSSR count). The van der Waals surface area contributed by atoms with E-state index >= 15 is 0 Å². The summed E-state index contributed by atoms with van der Waals surface area (Å²) in [4.78, 5) is 12.1. The van der Waals surface area contributed by atoms with Crippen molar-refractivity contribution < 1.29 is 14.3 Å². The van der Waals surface area contributed by atoms with Crippen LogP contribution in [0.4, 0.5) is 10.1 Å². The molecule has 104 valence electrons. The number of carbonyl (C=O) groups is 1. The summed E-state index contributed by atoms with van der Waals surface area (Å²) in [6, 6.07) is 9.96. The number of anilines is 1. The first-order valence-corrected chi connectivity index (χ1v) is 6.29. The normalized spacial score (nSPS) is 10.4. The molecule has 1 amide bonds. The zero-order chi connectivity index (χ0) is 14.7. The highest BCUT2D eigenvalue weighted by atomic mass is 19.1. The van der Waals surface area contributed by atoms with E-state index in [4.69, 9.17) is 5.11 Å². The molecule has 2 N–H and O–H groups in total. The van der Waals surface area contributed by atoms with E-state index in [1.54, 1.807) is 37.3 Å². The maximum Gasteiger partial charge on any atom is 0.258 e. The fraction of sp³-hybridized carbons (Fsp3) is 0.188. The van der Waals surface area contributed by atoms with Gasteiger partial charge in [0.05, 0.1) is 12.2 Å². The number of benzene rings is 2. The first-order chi connectivity index (χ1) is 9.52. The van der Waals surface area contributed by atoms with Crippen LogP contribution >= 0.6 is 0 Å². The SMILES string of the molecule is Cc1ccc(CO)cc1NC(=O)c1cccc(C)c1F. The van der Waals surface area contributed by atoms with Crippen LogP contribution in [0.15, 0.2) is 36.4 Å². The lowest BCUT2D eigenvalue weighted by molar-refractivity contribution is 0.102. The maximum atomic E-state index is 13.9. The number of aliphatic hydroxyl groups is 1. The van der Waals surface area contributed by atoms with Gasteiger partial charge < -0.3 is 10.4 Å². The monoisotopic (exact) mass is 273 g/mol. The minimum Gasteiger partial charge on any atom is -0.392 e. The van der Waals surface area contributed by atoms with E-state index in [1.165, 1.54) is 6.07 Å². The van der Waals surface area contributed by atoms with Crippen LogP contribution < -0.4 is 5.32 Å². The number of hydrogen-bond donors (Lipinski definition) is 2. The van der Waals surface area contributed by atoms with E-state index in [-0.39, 0.29) is 12.2 Å². The van der Waals surface area contributed by atoms with Crippen LogP contribution in [0.1, 0.15) is 27.0 Å². The molecule has 3 nitrogen and oxygen atoms in total. The van der Waals surface area contributed by atoms with Crippen LogP contribution in [-0.4, -0.2) is 11.0 Å². The van der Waals surface area contributed by atoms with Gasteiger partial charge in [-0.2, -0.15) is 0 Å². The quantitative estimate of drug-likeness (QED) is 0.902. The van der Waals surface area contributed by atoms with Crippen molar-refractivity contribution in [3.8, 4) is 0 Å². The summed E-state index contributed by atoms with van der Waals surface area (Å²) in [5, 5.41) is 11.8. The van der Waals surface area contributed by atoms with Crippen molar-refractivity contribution in [3.05, 3.63) is 64.5 Å². The first kappa shape index (κ1) is 14.2. The van der Waals surface area contributed by atoms with Gasteiger partial charge in [0.25, 0.3) is 5.91 Å². The molecule has 2 aromatic rings. The van der Waals surface area contributed by atoms with E-state index in [9.17, 15) is 9.18 Å². The Labute approximate surface area is 117 Å². The van der Waals surface area contributed by atoms with Crippen molar-refractivity contribution in [2.75, 3.05) is 5.32 Å². The molecule has 0 aliphatic carbocycles. The van der Waals surface area contributed by atoms with E-state index in [0.717, 1.165) is 5.56 Å². The largest absolute Gasteiger partial charge is 0.392 e. The molecule has 0 saturated carbocycles. The molecule has 0 atom stereocenters. The Morgan fingerprint density at radius 3 is 2.65 bits per heavy atom. The van der Waals surface area contributed by atoms with Gasteiger partial charge in [-0.15, -0.1) is 0 Å². The summed E-state index contributed by atoms with van der Waals surface area (Å²) in [7, 11) is 0. The molecule has 0 aromatic heterocycles. The molecule has 0 heterocycles. The van der Waals surface area contributed by atoms with Crippen LogP contribution in [0.5, 0.6) is 0 Å². The second kappa shape index (κ2) is 5.84. The first-order valence-electron chi connectivity index (χ1n) is 6.29. The van der Waals surface area contributed by atoms with E-state index in [1.807, 2.05) is 6.92 Å². The van der Waals surface area contributed by atoms with Crippen molar-refractivity contribution in [1.82, 2.24) is 0 Å². The Bertz CT molecular complexity index is 653. The second-order valence-corrected chi connectivity index (χ2v) is 4.70. The summed E-state index contributed by atoms with van der Waals surface area (Å²) in [6.45, 7) is 3.34. The number of rotatable bonds is 3. The third-order valence-electron chi connectivity index (χ3n) is 3.17. The second-order valence-electron chi connectivity index (χ2n) is 4.70. The Morgan fingerprint density at radius 2 is 1.95 bits per heavy atom. The molecular formula is C16H16FNO2. The number of halogens is 1. The molecule has 4 heteroatoms. The fourth-order valence-corrected chi connectivity index (χ4v) is 1.91. The zero-order valence-corrected chi connectivity index (χ0v) is 11.4. The average molecular weight is 273 g/mol. The van der Waals surface area contributed by atoms with Gasteiger partial charge >= 0.3 is 0 Å². The molecule has 0 fully saturated rings. The molecule has 0 aliphatic heterocycles. The van der Waals surface area contributed by atoms with E-state index in [2.05, 4.69) is 5.32 Å². The van der Waals surface area contributed by atoms with Crippen LogP contribution in [0.3, 0.4) is 0 Å². The van der Waals surface area contributed by atoms with Gasteiger partial charge in [-0.1, -0.05) is 24.3 Å². The van der Waals surface area contributed by atoms with Gasteiger partial charge in [0, 0.05) is 5.69 Å². The minimum absolute atomic E-state index is 0.0128. The molecule has 0 saturated heterocycles. The molecule has 2 aromatic carbocycles. The summed E-state index contributed by atoms with van der Waals surface area (Å²) < 4.78 is 13.9. The van der Waals surface area contributed by atoms with Crippen LogP contribution in [0, 0.1) is 19.7 Å². The lowest BCUT2D eigenvalue weighted by atomic mass is 10.1. The van der Waals surface area contributed by atoms with Crippen molar-refractivity contribution in [1.29, 1.82) is 0 Å². The molecule has 0 spiro atoms. The van der Waals surface area contributed by atoms with Gasteiger partial charge in [0.1, 0.15) is 5.82 Å². The number of nitrogens with one attached hydrogen (secondary N) is 1. The van der Waals surface area contributed by atoms with Crippen molar-refractivity contribution >= 4 is 11.6 Å². The van der Waals surface area contributed by atoms with Gasteiger partial charge in [0.15, 0.2) is 0 Å². The van der Waals surface area contributed by atoms with Crippen LogP contribution in [-0.2, 0) is 6.61 Å². The van der Waals surface area contributed by atoms with E-state index in [0.29, 0.717) is 16.8 Å². The molecule has 20 heavy (non-hydrogen) atoms. The van der Waals surface area contributed by atoms with Crippen LogP contribution in [0.25, 0.3) is 0 Å². The molecule has 0 aliphatic rings. The number of carbonyl (C=O) groups excluding carboxylic acids is 1. The third kappa shape index (κ3) is 2.86. The van der Waals surface area contributed by atoms with Crippen molar-refractivity contribution in [2.24, 2.45) is 0 Å². The fourth-order valence-electron chi connectivity index (χ4n) is 1.91. The number of hydrogen-bond acceptors (Lipinski definition) is 2. The van der Waals surface area contributed by atoms with Crippen molar-refractivity contribution in [2.45, 2.75) is 20.5 Å². The summed E-state index contributed by atoms with van der Waals surface area (Å²) >= 11 is 0. The molecule has 0 radical (unpaired) electrons. The standard InChI is InChI=1S/C16H16FNO2/c1-10-6-7-12(9-19)8-14(10)18-16(20)13-5-3-4-11(2)15(13)17/h3-8,19H,9H2,1-2H3,(H,18,20). The number of aryl methyl sites for hydroxylation is 2. The van der Waals surface area contributed by atoms with Gasteiger partial charge in [-0.3, -0.25) is 4.79 Å². The third-order valence-corrected chi connectivity index (χ3v) is 3.17. The van der Waals surface area contributed by atoms with Gasteiger partial charge in [-0.25, -0.2) is 4.39 Å². The predicted molar refractivity (Wildman–Crippen MR) is 76.2 cm³/mol. The Kier molecular flexibility index (Phi) is 4.15. The lowest BCUT2D eigenvalue weighted by Gasteiger charge is -2.11. The molecule has 0 bridgehead atoms. The lowest BCUT2D eigenvalue weighted by Crippen LogP contribution is -2.15. The van der Waals surface area contributed by atoms with Gasteiger partial charge in [-0.05, 0) is 42.7 Å². The van der Waals surface area contributed by atoms with Crippen molar-refractivity contribution in [3.63, 3.8) is 0 Å². The number of amides is 1. The molecular weight excluding hydrogens is 257 g/mol.